The minimum Gasteiger partial charge on any atom is -0.496 e. The molecule has 0 radical (unpaired) electrons. The van der Waals surface area contributed by atoms with Crippen molar-refractivity contribution >= 4 is 5.91 Å². The van der Waals surface area contributed by atoms with Crippen molar-refractivity contribution in [3.05, 3.63) is 17.7 Å². The van der Waals surface area contributed by atoms with E-state index in [4.69, 9.17) is 18.9 Å². The molecule has 1 N–H and O–H groups in total. The third-order valence-corrected chi connectivity index (χ3v) is 2.96. The number of methoxy groups -OCH3 is 4. The molecule has 1 atom stereocenters. The maximum Gasteiger partial charge on any atom is 0.249 e. The van der Waals surface area contributed by atoms with Crippen LogP contribution in [0.4, 0.5) is 0 Å². The molecule has 0 fully saturated rings. The summed E-state index contributed by atoms with van der Waals surface area (Å²) in [5.41, 5.74) is 0.793. The van der Waals surface area contributed by atoms with Crippen molar-refractivity contribution in [1.82, 2.24) is 5.32 Å². The second kappa shape index (κ2) is 7.59. The summed E-state index contributed by atoms with van der Waals surface area (Å²) in [7, 11) is 6.16. The summed E-state index contributed by atoms with van der Waals surface area (Å²) in [4.78, 5) is 11.7. The van der Waals surface area contributed by atoms with Gasteiger partial charge in [0, 0.05) is 25.3 Å². The van der Waals surface area contributed by atoms with E-state index < -0.39 is 6.10 Å². The lowest BCUT2D eigenvalue weighted by molar-refractivity contribution is -0.130. The third kappa shape index (κ3) is 3.77. The fourth-order valence-corrected chi connectivity index (χ4v) is 1.66. The fourth-order valence-electron chi connectivity index (χ4n) is 1.66. The topological polar surface area (TPSA) is 66.0 Å². The number of hydrogen-bond donors (Lipinski definition) is 1. The summed E-state index contributed by atoms with van der Waals surface area (Å²) < 4.78 is 20.7. The molecule has 0 aliphatic heterocycles. The van der Waals surface area contributed by atoms with Crippen LogP contribution in [0, 0.1) is 0 Å². The van der Waals surface area contributed by atoms with Gasteiger partial charge in [0.1, 0.15) is 11.9 Å². The Morgan fingerprint density at radius 3 is 2.10 bits per heavy atom. The van der Waals surface area contributed by atoms with E-state index in [0.717, 1.165) is 5.56 Å². The van der Waals surface area contributed by atoms with Gasteiger partial charge in [-0.1, -0.05) is 0 Å². The average molecular weight is 283 g/mol. The Bertz CT molecular complexity index is 461. The molecular formula is C14H21NO5. The lowest BCUT2D eigenvalue weighted by Gasteiger charge is -2.15. The van der Waals surface area contributed by atoms with Gasteiger partial charge in [-0.05, 0) is 13.0 Å². The normalized spacial score (nSPS) is 11.7. The fraction of sp³-hybridized carbons (Fsp3) is 0.500. The second-order valence-corrected chi connectivity index (χ2v) is 4.11. The van der Waals surface area contributed by atoms with Crippen molar-refractivity contribution in [2.75, 3.05) is 28.4 Å². The number of carbonyl (C=O) groups is 1. The van der Waals surface area contributed by atoms with Gasteiger partial charge in [0.2, 0.25) is 5.91 Å². The van der Waals surface area contributed by atoms with Crippen LogP contribution in [-0.4, -0.2) is 40.5 Å². The molecule has 6 nitrogen and oxygen atoms in total. The Hall–Kier alpha value is -1.95. The van der Waals surface area contributed by atoms with Crippen LogP contribution < -0.4 is 19.5 Å². The molecule has 112 valence electrons. The van der Waals surface area contributed by atoms with E-state index in [9.17, 15) is 4.79 Å². The van der Waals surface area contributed by atoms with Gasteiger partial charge in [0.25, 0.3) is 0 Å². The summed E-state index contributed by atoms with van der Waals surface area (Å²) >= 11 is 0. The molecule has 0 bridgehead atoms. The van der Waals surface area contributed by atoms with E-state index in [1.165, 1.54) is 7.11 Å². The maximum atomic E-state index is 11.7. The second-order valence-electron chi connectivity index (χ2n) is 4.11. The van der Waals surface area contributed by atoms with Gasteiger partial charge in [-0.15, -0.1) is 0 Å². The standard InChI is InChI=1S/C14H21NO5/c1-9(17-2)14(16)15-8-10-6-12(19-4)13(20-5)7-11(10)18-3/h6-7,9H,8H2,1-5H3,(H,15,16). The van der Waals surface area contributed by atoms with E-state index in [2.05, 4.69) is 5.32 Å². The molecule has 20 heavy (non-hydrogen) atoms. The zero-order valence-corrected chi connectivity index (χ0v) is 12.5. The van der Waals surface area contributed by atoms with Crippen LogP contribution >= 0.6 is 0 Å². The van der Waals surface area contributed by atoms with Gasteiger partial charge >= 0.3 is 0 Å². The first kappa shape index (κ1) is 16.1. The van der Waals surface area contributed by atoms with Gasteiger partial charge in [-0.25, -0.2) is 0 Å². The molecule has 0 spiro atoms. The molecule has 1 aromatic carbocycles. The highest BCUT2D eigenvalue weighted by Crippen LogP contribution is 2.34. The highest BCUT2D eigenvalue weighted by molar-refractivity contribution is 5.80. The zero-order chi connectivity index (χ0) is 15.1. The van der Waals surface area contributed by atoms with E-state index in [1.807, 2.05) is 0 Å². The van der Waals surface area contributed by atoms with E-state index in [0.29, 0.717) is 23.8 Å². The predicted octanol–water partition coefficient (Wildman–Crippen LogP) is 1.36. The lowest BCUT2D eigenvalue weighted by atomic mass is 10.1. The number of benzene rings is 1. The maximum absolute atomic E-state index is 11.7. The van der Waals surface area contributed by atoms with Crippen molar-refractivity contribution < 1.29 is 23.7 Å². The van der Waals surface area contributed by atoms with E-state index >= 15 is 0 Å². The average Bonchev–Trinajstić information content (AvgIpc) is 2.50. The molecule has 0 aliphatic carbocycles. The molecule has 1 aromatic rings. The van der Waals surface area contributed by atoms with Gasteiger partial charge in [0.05, 0.1) is 21.3 Å². The van der Waals surface area contributed by atoms with Gasteiger partial charge in [0.15, 0.2) is 11.5 Å². The first-order chi connectivity index (χ1) is 9.57. The SMILES string of the molecule is COc1cc(OC)c(OC)cc1CNC(=O)C(C)OC. The monoisotopic (exact) mass is 283 g/mol. The Morgan fingerprint density at radius 1 is 1.05 bits per heavy atom. The minimum absolute atomic E-state index is 0.190. The van der Waals surface area contributed by atoms with Gasteiger partial charge in [-0.3, -0.25) is 4.79 Å². The van der Waals surface area contributed by atoms with Crippen LogP contribution in [0.2, 0.25) is 0 Å². The number of ether oxygens (including phenoxy) is 4. The number of amides is 1. The van der Waals surface area contributed by atoms with Crippen molar-refractivity contribution in [3.63, 3.8) is 0 Å². The number of nitrogens with one attached hydrogen (secondary N) is 1. The molecule has 0 aliphatic rings. The number of carbonyl (C=O) groups excluding carboxylic acids is 1. The Balaban J connectivity index is 2.91. The molecule has 0 heterocycles. The molecule has 0 saturated heterocycles. The number of hydrogen-bond acceptors (Lipinski definition) is 5. The third-order valence-electron chi connectivity index (χ3n) is 2.96. The van der Waals surface area contributed by atoms with Crippen LogP contribution in [0.3, 0.4) is 0 Å². The van der Waals surface area contributed by atoms with E-state index in [1.54, 1.807) is 40.4 Å². The van der Waals surface area contributed by atoms with Crippen LogP contribution in [0.25, 0.3) is 0 Å². The Morgan fingerprint density at radius 2 is 1.60 bits per heavy atom. The van der Waals surface area contributed by atoms with Gasteiger partial charge in [-0.2, -0.15) is 0 Å². The predicted molar refractivity (Wildman–Crippen MR) is 74.4 cm³/mol. The highest BCUT2D eigenvalue weighted by Gasteiger charge is 2.15. The molecule has 1 unspecified atom stereocenters. The van der Waals surface area contributed by atoms with Crippen molar-refractivity contribution in [2.24, 2.45) is 0 Å². The molecular weight excluding hydrogens is 262 g/mol. The summed E-state index contributed by atoms with van der Waals surface area (Å²) in [6.07, 6.45) is -0.499. The summed E-state index contributed by atoms with van der Waals surface area (Å²) in [6, 6.07) is 3.50. The molecule has 1 rings (SSSR count). The van der Waals surface area contributed by atoms with Crippen LogP contribution in [0.5, 0.6) is 17.2 Å². The van der Waals surface area contributed by atoms with Crippen LogP contribution in [0.1, 0.15) is 12.5 Å². The van der Waals surface area contributed by atoms with Gasteiger partial charge < -0.3 is 24.3 Å². The first-order valence-corrected chi connectivity index (χ1v) is 6.16. The largest absolute Gasteiger partial charge is 0.496 e. The highest BCUT2D eigenvalue weighted by atomic mass is 16.5. The summed E-state index contributed by atoms with van der Waals surface area (Å²) in [6.45, 7) is 2.00. The quantitative estimate of drug-likeness (QED) is 0.818. The van der Waals surface area contributed by atoms with Crippen molar-refractivity contribution in [3.8, 4) is 17.2 Å². The molecule has 0 aromatic heterocycles. The Kier molecular flexibility index (Phi) is 6.11. The van der Waals surface area contributed by atoms with Crippen LogP contribution in [0.15, 0.2) is 12.1 Å². The Labute approximate surface area is 119 Å². The van der Waals surface area contributed by atoms with Crippen molar-refractivity contribution in [2.45, 2.75) is 19.6 Å². The minimum atomic E-state index is -0.499. The lowest BCUT2D eigenvalue weighted by Crippen LogP contribution is -2.33. The van der Waals surface area contributed by atoms with E-state index in [-0.39, 0.29) is 5.91 Å². The zero-order valence-electron chi connectivity index (χ0n) is 12.5. The molecule has 1 amide bonds. The summed E-state index contributed by atoms with van der Waals surface area (Å²) in [5, 5.41) is 2.77. The number of rotatable bonds is 7. The smallest absolute Gasteiger partial charge is 0.249 e. The van der Waals surface area contributed by atoms with Crippen molar-refractivity contribution in [1.29, 1.82) is 0 Å². The first-order valence-electron chi connectivity index (χ1n) is 6.16. The van der Waals surface area contributed by atoms with Crippen LogP contribution in [-0.2, 0) is 16.1 Å². The molecule has 6 heteroatoms. The summed E-state index contributed by atoms with van der Waals surface area (Å²) in [5.74, 6) is 1.58. The molecule has 0 saturated carbocycles.